The first-order valence-corrected chi connectivity index (χ1v) is 6.92. The van der Waals surface area contributed by atoms with Crippen LogP contribution >= 0.6 is 0 Å². The number of nitrogens with zero attached hydrogens (tertiary/aromatic N) is 1. The molecule has 2 aromatic rings. The zero-order valence-corrected chi connectivity index (χ0v) is 12.6. The summed E-state index contributed by atoms with van der Waals surface area (Å²) in [6, 6.07) is 15.6. The molecular weight excluding hydrogens is 296 g/mol. The van der Waals surface area contributed by atoms with Gasteiger partial charge in [0.05, 0.1) is 12.0 Å². The molecule has 0 heterocycles. The predicted octanol–water partition coefficient (Wildman–Crippen LogP) is 2.90. The van der Waals surface area contributed by atoms with Crippen LogP contribution in [0.4, 0.5) is 5.69 Å². The Bertz CT molecular complexity index is 709. The number of ether oxygens (including phenoxy) is 1. The maximum atomic E-state index is 11.5. The van der Waals surface area contributed by atoms with Crippen molar-refractivity contribution in [1.29, 1.82) is 0 Å². The van der Waals surface area contributed by atoms with Gasteiger partial charge in [-0.05, 0) is 23.3 Å². The second kappa shape index (κ2) is 7.74. The van der Waals surface area contributed by atoms with Crippen molar-refractivity contribution < 1.29 is 14.5 Å². The molecule has 0 unspecified atom stereocenters. The minimum Gasteiger partial charge on any atom is -0.466 e. The number of nitro benzene ring substituents is 1. The number of carbonyl (C=O) groups excluding carboxylic acids is 1. The summed E-state index contributed by atoms with van der Waals surface area (Å²) in [4.78, 5) is 21.8. The molecule has 0 aliphatic carbocycles. The molecule has 118 valence electrons. The van der Waals surface area contributed by atoms with E-state index in [1.807, 2.05) is 30.3 Å². The van der Waals surface area contributed by atoms with Crippen molar-refractivity contribution in [3.63, 3.8) is 0 Å². The third kappa shape index (κ3) is 4.67. The average Bonchev–Trinajstić information content (AvgIpc) is 2.59. The zero-order chi connectivity index (χ0) is 16.7. The zero-order valence-electron chi connectivity index (χ0n) is 12.6. The number of methoxy groups -OCH3 is 1. The van der Waals surface area contributed by atoms with E-state index in [2.05, 4.69) is 10.1 Å². The van der Waals surface area contributed by atoms with E-state index < -0.39 is 10.9 Å². The maximum absolute atomic E-state index is 11.5. The topological polar surface area (TPSA) is 81.5 Å². The summed E-state index contributed by atoms with van der Waals surface area (Å²) in [7, 11) is 1.30. The van der Waals surface area contributed by atoms with Crippen LogP contribution in [0.1, 0.15) is 11.1 Å². The molecule has 0 saturated heterocycles. The monoisotopic (exact) mass is 312 g/mol. The Morgan fingerprint density at radius 2 is 1.83 bits per heavy atom. The number of non-ortho nitro benzene ring substituents is 1. The number of hydrogen-bond donors (Lipinski definition) is 1. The summed E-state index contributed by atoms with van der Waals surface area (Å²) in [6.45, 7) is 0.515. The number of carbonyl (C=O) groups is 1. The highest BCUT2D eigenvalue weighted by Crippen LogP contribution is 2.18. The van der Waals surface area contributed by atoms with Crippen molar-refractivity contribution in [2.75, 3.05) is 7.11 Å². The SMILES string of the molecule is COC(=O)/C=C(\NCc1ccccc1)c1ccc([N+](=O)[O-])cc1. The van der Waals surface area contributed by atoms with E-state index in [1.165, 1.54) is 25.3 Å². The Hall–Kier alpha value is -3.15. The third-order valence-corrected chi connectivity index (χ3v) is 3.18. The molecule has 0 aliphatic heterocycles. The molecule has 0 saturated carbocycles. The summed E-state index contributed by atoms with van der Waals surface area (Å²) in [5.74, 6) is -0.501. The molecule has 0 aromatic heterocycles. The van der Waals surface area contributed by atoms with Crippen LogP contribution in [0, 0.1) is 10.1 Å². The molecule has 0 amide bonds. The Balaban J connectivity index is 2.21. The van der Waals surface area contributed by atoms with Crippen LogP contribution < -0.4 is 5.32 Å². The van der Waals surface area contributed by atoms with Gasteiger partial charge in [0.1, 0.15) is 0 Å². The van der Waals surface area contributed by atoms with Crippen molar-refractivity contribution >= 4 is 17.4 Å². The lowest BCUT2D eigenvalue weighted by Gasteiger charge is -2.11. The number of benzene rings is 2. The van der Waals surface area contributed by atoms with Gasteiger partial charge >= 0.3 is 5.97 Å². The van der Waals surface area contributed by atoms with Crippen LogP contribution in [-0.4, -0.2) is 18.0 Å². The van der Waals surface area contributed by atoms with Crippen molar-refractivity contribution in [3.8, 4) is 0 Å². The summed E-state index contributed by atoms with van der Waals surface area (Å²) in [5, 5.41) is 13.9. The van der Waals surface area contributed by atoms with Gasteiger partial charge in [-0.25, -0.2) is 4.79 Å². The minimum atomic E-state index is -0.501. The summed E-state index contributed by atoms with van der Waals surface area (Å²) < 4.78 is 4.65. The van der Waals surface area contributed by atoms with Crippen LogP contribution in [0.25, 0.3) is 5.70 Å². The van der Waals surface area contributed by atoms with Crippen LogP contribution in [0.2, 0.25) is 0 Å². The standard InChI is InChI=1S/C17H16N2O4/c1-23-17(20)11-16(18-12-13-5-3-2-4-6-13)14-7-9-15(10-8-14)19(21)22/h2-11,18H,12H2,1H3/b16-11-. The Labute approximate surface area is 133 Å². The normalized spacial score (nSPS) is 10.9. The molecule has 0 radical (unpaired) electrons. The summed E-state index contributed by atoms with van der Waals surface area (Å²) in [5.41, 5.74) is 2.24. The maximum Gasteiger partial charge on any atom is 0.332 e. The molecule has 6 nitrogen and oxygen atoms in total. The van der Waals surface area contributed by atoms with Crippen LogP contribution in [-0.2, 0) is 16.1 Å². The largest absolute Gasteiger partial charge is 0.466 e. The molecule has 2 rings (SSSR count). The van der Waals surface area contributed by atoms with E-state index in [1.54, 1.807) is 12.1 Å². The predicted molar refractivity (Wildman–Crippen MR) is 86.4 cm³/mol. The first-order chi connectivity index (χ1) is 11.1. The van der Waals surface area contributed by atoms with Gasteiger partial charge in [-0.1, -0.05) is 30.3 Å². The van der Waals surface area contributed by atoms with Crippen LogP contribution in [0.3, 0.4) is 0 Å². The van der Waals surface area contributed by atoms with Gasteiger partial charge in [0, 0.05) is 30.5 Å². The number of nitro groups is 1. The fraction of sp³-hybridized carbons (Fsp3) is 0.118. The van der Waals surface area contributed by atoms with Crippen molar-refractivity contribution in [3.05, 3.63) is 81.9 Å². The number of nitrogens with one attached hydrogen (secondary N) is 1. The fourth-order valence-corrected chi connectivity index (χ4v) is 1.97. The van der Waals surface area contributed by atoms with E-state index in [9.17, 15) is 14.9 Å². The second-order valence-corrected chi connectivity index (χ2v) is 4.72. The number of hydrogen-bond acceptors (Lipinski definition) is 5. The van der Waals surface area contributed by atoms with Crippen LogP contribution in [0.15, 0.2) is 60.7 Å². The van der Waals surface area contributed by atoms with Gasteiger partial charge in [-0.15, -0.1) is 0 Å². The minimum absolute atomic E-state index is 0.00534. The molecule has 23 heavy (non-hydrogen) atoms. The lowest BCUT2D eigenvalue weighted by Crippen LogP contribution is -2.14. The molecular formula is C17H16N2O4. The third-order valence-electron chi connectivity index (χ3n) is 3.18. The van der Waals surface area contributed by atoms with Gasteiger partial charge in [0.2, 0.25) is 0 Å². The van der Waals surface area contributed by atoms with E-state index in [0.717, 1.165) is 5.56 Å². The average molecular weight is 312 g/mol. The molecule has 0 aliphatic rings. The molecule has 0 spiro atoms. The first-order valence-electron chi connectivity index (χ1n) is 6.92. The molecule has 0 atom stereocenters. The molecule has 6 heteroatoms. The Morgan fingerprint density at radius 3 is 2.39 bits per heavy atom. The molecule has 0 fully saturated rings. The fourth-order valence-electron chi connectivity index (χ4n) is 1.97. The molecule has 2 aromatic carbocycles. The molecule has 0 bridgehead atoms. The lowest BCUT2D eigenvalue weighted by molar-refractivity contribution is -0.384. The lowest BCUT2D eigenvalue weighted by atomic mass is 10.1. The van der Waals surface area contributed by atoms with Crippen molar-refractivity contribution in [2.24, 2.45) is 0 Å². The van der Waals surface area contributed by atoms with E-state index >= 15 is 0 Å². The van der Waals surface area contributed by atoms with Crippen molar-refractivity contribution in [2.45, 2.75) is 6.54 Å². The van der Waals surface area contributed by atoms with Gasteiger partial charge < -0.3 is 10.1 Å². The van der Waals surface area contributed by atoms with Crippen molar-refractivity contribution in [1.82, 2.24) is 5.32 Å². The van der Waals surface area contributed by atoms with Gasteiger partial charge in [-0.3, -0.25) is 10.1 Å². The van der Waals surface area contributed by atoms with E-state index in [0.29, 0.717) is 17.8 Å². The first kappa shape index (κ1) is 16.2. The number of esters is 1. The highest BCUT2D eigenvalue weighted by molar-refractivity contribution is 5.90. The van der Waals surface area contributed by atoms with Crippen LogP contribution in [0.5, 0.6) is 0 Å². The number of rotatable bonds is 6. The summed E-state index contributed by atoms with van der Waals surface area (Å²) >= 11 is 0. The Kier molecular flexibility index (Phi) is 5.46. The van der Waals surface area contributed by atoms with Gasteiger partial charge in [-0.2, -0.15) is 0 Å². The smallest absolute Gasteiger partial charge is 0.332 e. The van der Waals surface area contributed by atoms with E-state index in [4.69, 9.17) is 0 Å². The Morgan fingerprint density at radius 1 is 1.17 bits per heavy atom. The molecule has 1 N–H and O–H groups in total. The quantitative estimate of drug-likeness (QED) is 0.384. The van der Waals surface area contributed by atoms with E-state index in [-0.39, 0.29) is 5.69 Å². The second-order valence-electron chi connectivity index (χ2n) is 4.72. The highest BCUT2D eigenvalue weighted by Gasteiger charge is 2.09. The van der Waals surface area contributed by atoms with Gasteiger partial charge in [0.15, 0.2) is 0 Å². The van der Waals surface area contributed by atoms with Gasteiger partial charge in [0.25, 0.3) is 5.69 Å². The highest BCUT2D eigenvalue weighted by atomic mass is 16.6. The summed E-state index contributed by atoms with van der Waals surface area (Å²) in [6.07, 6.45) is 1.32.